The number of aromatic nitrogens is 2. The monoisotopic (exact) mass is 296 g/mol. The largest absolute Gasteiger partial charge is 0.493 e. The summed E-state index contributed by atoms with van der Waals surface area (Å²) in [7, 11) is 1.67. The van der Waals surface area contributed by atoms with E-state index >= 15 is 0 Å². The van der Waals surface area contributed by atoms with E-state index in [1.807, 2.05) is 11.6 Å². The van der Waals surface area contributed by atoms with E-state index in [2.05, 4.69) is 24.4 Å². The molecular weight excluding hydrogens is 268 g/mol. The minimum Gasteiger partial charge on any atom is -0.493 e. The van der Waals surface area contributed by atoms with Crippen LogP contribution in [0.3, 0.4) is 0 Å². The molecule has 1 aromatic rings. The summed E-state index contributed by atoms with van der Waals surface area (Å²) in [5.41, 5.74) is 3.98. The Bertz CT molecular complexity index is 441. The Morgan fingerprint density at radius 1 is 1.48 bits per heavy atom. The standard InChI is InChI=1S/C15H28N4O2/c1-5-21-12-6-11(7-12)8-13(18-16)15-14(20-4)9-17-19(15)10(2)3/h9-13,18H,5-8,16H2,1-4H3. The lowest BCUT2D eigenvalue weighted by atomic mass is 9.77. The van der Waals surface area contributed by atoms with Crippen LogP contribution in [0.4, 0.5) is 0 Å². The maximum absolute atomic E-state index is 5.80. The molecule has 1 unspecified atom stereocenters. The highest BCUT2D eigenvalue weighted by Gasteiger charge is 2.33. The quantitative estimate of drug-likeness (QED) is 0.568. The van der Waals surface area contributed by atoms with Gasteiger partial charge in [-0.1, -0.05) is 0 Å². The van der Waals surface area contributed by atoms with Crippen LogP contribution in [0, 0.1) is 5.92 Å². The van der Waals surface area contributed by atoms with Crippen LogP contribution in [-0.2, 0) is 4.74 Å². The zero-order valence-corrected chi connectivity index (χ0v) is 13.5. The van der Waals surface area contributed by atoms with Crippen LogP contribution >= 0.6 is 0 Å². The number of hydrogen-bond donors (Lipinski definition) is 2. The van der Waals surface area contributed by atoms with Gasteiger partial charge in [-0.3, -0.25) is 16.0 Å². The summed E-state index contributed by atoms with van der Waals surface area (Å²) in [6.45, 7) is 7.06. The first-order valence-electron chi connectivity index (χ1n) is 7.79. The molecule has 1 fully saturated rings. The molecule has 1 heterocycles. The summed E-state index contributed by atoms with van der Waals surface area (Å²) in [6, 6.07) is 0.328. The van der Waals surface area contributed by atoms with E-state index in [9.17, 15) is 0 Å². The van der Waals surface area contributed by atoms with E-state index in [0.717, 1.165) is 37.3 Å². The van der Waals surface area contributed by atoms with Crippen LogP contribution in [0.15, 0.2) is 6.20 Å². The molecule has 1 saturated carbocycles. The third-order valence-electron chi connectivity index (χ3n) is 4.20. The Labute approximate surface area is 126 Å². The van der Waals surface area contributed by atoms with Crippen LogP contribution in [0.5, 0.6) is 5.75 Å². The fraction of sp³-hybridized carbons (Fsp3) is 0.800. The number of hydrogen-bond acceptors (Lipinski definition) is 5. The molecule has 1 atom stereocenters. The van der Waals surface area contributed by atoms with Crippen LogP contribution in [0.1, 0.15) is 57.8 Å². The average Bonchev–Trinajstić information content (AvgIpc) is 2.85. The molecule has 0 saturated heterocycles. The van der Waals surface area contributed by atoms with E-state index in [1.54, 1.807) is 13.3 Å². The third-order valence-corrected chi connectivity index (χ3v) is 4.20. The van der Waals surface area contributed by atoms with Gasteiger partial charge in [-0.15, -0.1) is 0 Å². The zero-order chi connectivity index (χ0) is 15.4. The molecule has 0 radical (unpaired) electrons. The lowest BCUT2D eigenvalue weighted by Gasteiger charge is -2.37. The van der Waals surface area contributed by atoms with Crippen molar-refractivity contribution in [2.75, 3.05) is 13.7 Å². The molecule has 120 valence electrons. The molecule has 3 N–H and O–H groups in total. The Morgan fingerprint density at radius 3 is 2.71 bits per heavy atom. The van der Waals surface area contributed by atoms with Crippen molar-refractivity contribution in [3.8, 4) is 5.75 Å². The highest BCUT2D eigenvalue weighted by Crippen LogP contribution is 2.39. The first-order valence-corrected chi connectivity index (χ1v) is 7.79. The molecule has 0 amide bonds. The fourth-order valence-electron chi connectivity index (χ4n) is 3.09. The van der Waals surface area contributed by atoms with Gasteiger partial charge in [0.05, 0.1) is 31.1 Å². The Morgan fingerprint density at radius 2 is 2.19 bits per heavy atom. The minimum atomic E-state index is 0.0532. The van der Waals surface area contributed by atoms with Crippen molar-refractivity contribution in [1.82, 2.24) is 15.2 Å². The van der Waals surface area contributed by atoms with Gasteiger partial charge in [0.15, 0.2) is 5.75 Å². The van der Waals surface area contributed by atoms with Gasteiger partial charge >= 0.3 is 0 Å². The number of rotatable bonds is 8. The second kappa shape index (κ2) is 7.24. The lowest BCUT2D eigenvalue weighted by Crippen LogP contribution is -2.37. The molecule has 0 aromatic carbocycles. The summed E-state index contributed by atoms with van der Waals surface area (Å²) in [5, 5.41) is 4.42. The number of nitrogens with two attached hydrogens (primary N) is 1. The van der Waals surface area contributed by atoms with Gasteiger partial charge in [0.25, 0.3) is 0 Å². The SMILES string of the molecule is CCOC1CC(CC(NN)c2c(OC)cnn2C(C)C)C1. The molecule has 1 aliphatic carbocycles. The van der Waals surface area contributed by atoms with Gasteiger partial charge in [0, 0.05) is 12.6 Å². The molecule has 21 heavy (non-hydrogen) atoms. The van der Waals surface area contributed by atoms with Crippen LogP contribution in [0.25, 0.3) is 0 Å². The smallest absolute Gasteiger partial charge is 0.161 e. The molecule has 1 aromatic heterocycles. The molecule has 0 spiro atoms. The van der Waals surface area contributed by atoms with E-state index in [1.165, 1.54) is 0 Å². The van der Waals surface area contributed by atoms with Crippen molar-refractivity contribution < 1.29 is 9.47 Å². The van der Waals surface area contributed by atoms with Crippen LogP contribution < -0.4 is 16.0 Å². The Balaban J connectivity index is 2.06. The van der Waals surface area contributed by atoms with Crippen molar-refractivity contribution in [2.45, 2.75) is 58.2 Å². The number of nitrogens with zero attached hydrogens (tertiary/aromatic N) is 2. The lowest BCUT2D eigenvalue weighted by molar-refractivity contribution is -0.0294. The van der Waals surface area contributed by atoms with E-state index in [4.69, 9.17) is 15.3 Å². The van der Waals surface area contributed by atoms with Gasteiger partial charge in [0.1, 0.15) is 0 Å². The molecule has 0 aliphatic heterocycles. The van der Waals surface area contributed by atoms with Gasteiger partial charge in [-0.05, 0) is 46.0 Å². The predicted octanol–water partition coefficient (Wildman–Crippen LogP) is 2.18. The molecule has 0 bridgehead atoms. The summed E-state index contributed by atoms with van der Waals surface area (Å²) in [5.74, 6) is 7.24. The van der Waals surface area contributed by atoms with Crippen molar-refractivity contribution in [1.29, 1.82) is 0 Å². The van der Waals surface area contributed by atoms with Crippen molar-refractivity contribution in [3.05, 3.63) is 11.9 Å². The van der Waals surface area contributed by atoms with Gasteiger partial charge in [0.2, 0.25) is 0 Å². The third kappa shape index (κ3) is 3.56. The second-order valence-electron chi connectivity index (χ2n) is 6.01. The van der Waals surface area contributed by atoms with E-state index < -0.39 is 0 Å². The number of methoxy groups -OCH3 is 1. The normalized spacial score (nSPS) is 23.1. The number of hydrazine groups is 1. The van der Waals surface area contributed by atoms with Crippen LogP contribution in [0.2, 0.25) is 0 Å². The summed E-state index contributed by atoms with van der Waals surface area (Å²) >= 11 is 0. The predicted molar refractivity (Wildman–Crippen MR) is 82.0 cm³/mol. The molecule has 6 heteroatoms. The number of nitrogens with one attached hydrogen (secondary N) is 1. The molecule has 1 aliphatic rings. The van der Waals surface area contributed by atoms with Gasteiger partial charge in [-0.25, -0.2) is 0 Å². The molecule has 6 nitrogen and oxygen atoms in total. The maximum Gasteiger partial charge on any atom is 0.161 e. The van der Waals surface area contributed by atoms with E-state index in [0.29, 0.717) is 12.0 Å². The topological polar surface area (TPSA) is 74.3 Å². The highest BCUT2D eigenvalue weighted by molar-refractivity contribution is 5.29. The maximum atomic E-state index is 5.80. The second-order valence-corrected chi connectivity index (χ2v) is 6.01. The summed E-state index contributed by atoms with van der Waals surface area (Å²) < 4.78 is 13.1. The van der Waals surface area contributed by atoms with Crippen molar-refractivity contribution in [3.63, 3.8) is 0 Å². The highest BCUT2D eigenvalue weighted by atomic mass is 16.5. The van der Waals surface area contributed by atoms with Gasteiger partial charge < -0.3 is 9.47 Å². The van der Waals surface area contributed by atoms with Gasteiger partial charge in [-0.2, -0.15) is 5.10 Å². The first kappa shape index (κ1) is 16.3. The minimum absolute atomic E-state index is 0.0532. The summed E-state index contributed by atoms with van der Waals surface area (Å²) in [6.07, 6.45) is 5.40. The van der Waals surface area contributed by atoms with Crippen molar-refractivity contribution >= 4 is 0 Å². The Kier molecular flexibility index (Phi) is 5.61. The van der Waals surface area contributed by atoms with E-state index in [-0.39, 0.29) is 12.1 Å². The summed E-state index contributed by atoms with van der Waals surface area (Å²) in [4.78, 5) is 0. The zero-order valence-electron chi connectivity index (χ0n) is 13.5. The number of ether oxygens (including phenoxy) is 2. The van der Waals surface area contributed by atoms with Crippen LogP contribution in [-0.4, -0.2) is 29.6 Å². The fourth-order valence-corrected chi connectivity index (χ4v) is 3.09. The molecular formula is C15H28N4O2. The average molecular weight is 296 g/mol. The van der Waals surface area contributed by atoms with Crippen molar-refractivity contribution in [2.24, 2.45) is 11.8 Å². The molecule has 2 rings (SSSR count). The Hall–Kier alpha value is -1.11. The first-order chi connectivity index (χ1) is 10.1.